The number of carbonyl (C=O) groups excluding carboxylic acids is 4. The zero-order chi connectivity index (χ0) is 55.3. The fraction of sp³-hybridized carbons (Fsp3) is 0.490. The van der Waals surface area contributed by atoms with Crippen molar-refractivity contribution in [2.45, 2.75) is 98.1 Å². The molecule has 1 fully saturated rings. The van der Waals surface area contributed by atoms with Gasteiger partial charge in [0.15, 0.2) is 5.82 Å². The second kappa shape index (κ2) is 26.8. The lowest BCUT2D eigenvalue weighted by atomic mass is 9.85. The van der Waals surface area contributed by atoms with Gasteiger partial charge in [-0.2, -0.15) is 5.10 Å². The number of thiazole rings is 1. The van der Waals surface area contributed by atoms with Crippen molar-refractivity contribution < 1.29 is 51.3 Å². The van der Waals surface area contributed by atoms with E-state index < -0.39 is 57.2 Å². The molecule has 21 nitrogen and oxygen atoms in total. The van der Waals surface area contributed by atoms with Crippen molar-refractivity contribution in [3.8, 4) is 33.0 Å². The summed E-state index contributed by atoms with van der Waals surface area (Å²) in [4.78, 5) is 68.7. The summed E-state index contributed by atoms with van der Waals surface area (Å²) in [5.41, 5.74) is 4.60. The predicted molar refractivity (Wildman–Crippen MR) is 287 cm³/mol. The minimum Gasteiger partial charge on any atom is -0.391 e. The van der Waals surface area contributed by atoms with Crippen LogP contribution in [-0.4, -0.2) is 150 Å². The molecule has 5 aromatic rings. The van der Waals surface area contributed by atoms with Gasteiger partial charge in [0.1, 0.15) is 24.4 Å². The van der Waals surface area contributed by atoms with Gasteiger partial charge in [0.25, 0.3) is 0 Å². The number of hydrogen-bond acceptors (Lipinski definition) is 16. The lowest BCUT2D eigenvalue weighted by Crippen LogP contribution is -2.58. The van der Waals surface area contributed by atoms with Crippen LogP contribution in [0.15, 0.2) is 60.4 Å². The molecule has 6 rings (SSSR count). The van der Waals surface area contributed by atoms with Gasteiger partial charge in [-0.1, -0.05) is 56.6 Å². The highest BCUT2D eigenvalue weighted by molar-refractivity contribution is 7.92. The number of amides is 4. The number of carbonyl (C=O) groups is 4. The van der Waals surface area contributed by atoms with Crippen LogP contribution in [0.25, 0.3) is 33.0 Å². The van der Waals surface area contributed by atoms with Gasteiger partial charge >= 0.3 is 0 Å². The molecule has 6 N–H and O–H groups in total. The SMILES string of the molecule is Cc1ncsc1-c1ccc(CNC(=O)[C@@H]2C[C@@H](O)CN2C(=O)[C@@H](NC(=O)COCCOCCOCCC(=O)N[C@@H](C)CNc2nccc(-c3cn(C(C)C)nc3-c3cc(Cl)cc(NS(C)(=O)=O)c3F)n2)C(C)(C)C)cc1. The maximum Gasteiger partial charge on any atom is 0.246 e. The highest BCUT2D eigenvalue weighted by Crippen LogP contribution is 2.37. The fourth-order valence-electron chi connectivity index (χ4n) is 8.07. The number of aromatic nitrogens is 5. The molecule has 4 atom stereocenters. The topological polar surface area (TPSA) is 270 Å². The number of rotatable bonds is 26. The predicted octanol–water partition coefficient (Wildman–Crippen LogP) is 5.35. The Morgan fingerprint density at radius 2 is 1.64 bits per heavy atom. The van der Waals surface area contributed by atoms with Gasteiger partial charge in [-0.3, -0.25) is 28.6 Å². The monoisotopic (exact) mass is 1110 g/mol. The van der Waals surface area contributed by atoms with E-state index in [1.165, 1.54) is 23.2 Å². The average molecular weight is 1110 g/mol. The third-order valence-electron chi connectivity index (χ3n) is 11.9. The Labute approximate surface area is 451 Å². The van der Waals surface area contributed by atoms with Gasteiger partial charge < -0.3 is 45.5 Å². The molecule has 4 heterocycles. The standard InChI is InChI=1S/C51H67ClFN11O10S2/c1-30(2)64-27-38(45(61-64)37-21-35(52)22-40(44(37)53)62-76(8,70)71)39-13-15-54-50(59-39)56-24-31(3)58-42(66)14-16-72-17-18-73-19-20-74-28-43(67)60-47(51(5,6)7)49(69)63-26-36(65)23-41(63)48(68)55-25-33-9-11-34(12-10-33)46-32(4)57-29-75-46/h9-13,15,21-22,27,29-31,36,41,47,62,65H,14,16-20,23-26,28H2,1-8H3,(H,55,68)(H,58,66)(H,60,67)(H,54,56,59)/t31-,36+,41-,47+/m0/s1. The lowest BCUT2D eigenvalue weighted by molar-refractivity contribution is -0.144. The molecule has 2 aromatic carbocycles. The van der Waals surface area contributed by atoms with Gasteiger partial charge in [-0.15, -0.1) is 11.3 Å². The Morgan fingerprint density at radius 3 is 2.30 bits per heavy atom. The van der Waals surface area contributed by atoms with Crippen LogP contribution in [0.1, 0.15) is 71.7 Å². The zero-order valence-electron chi connectivity index (χ0n) is 43.8. The smallest absolute Gasteiger partial charge is 0.246 e. The number of hydrogen-bond donors (Lipinski definition) is 6. The van der Waals surface area contributed by atoms with Crippen molar-refractivity contribution in [3.05, 3.63) is 82.5 Å². The number of benzene rings is 2. The van der Waals surface area contributed by atoms with Crippen molar-refractivity contribution in [2.75, 3.05) is 69.0 Å². The van der Waals surface area contributed by atoms with Crippen molar-refractivity contribution >= 4 is 68.2 Å². The summed E-state index contributed by atoms with van der Waals surface area (Å²) in [6.07, 6.45) is 3.40. The van der Waals surface area contributed by atoms with Crippen LogP contribution < -0.4 is 26.0 Å². The second-order valence-corrected chi connectivity index (χ2v) is 22.8. The largest absolute Gasteiger partial charge is 0.391 e. The maximum absolute atomic E-state index is 15.8. The summed E-state index contributed by atoms with van der Waals surface area (Å²) in [6.45, 7) is 13.9. The molecular weight excluding hydrogens is 1050 g/mol. The Kier molecular flexibility index (Phi) is 20.8. The van der Waals surface area contributed by atoms with Crippen LogP contribution in [0.2, 0.25) is 5.02 Å². The molecule has 1 aliphatic heterocycles. The molecule has 25 heteroatoms. The molecule has 0 unspecified atom stereocenters. The number of halogens is 2. The molecule has 0 radical (unpaired) electrons. The van der Waals surface area contributed by atoms with Crippen molar-refractivity contribution in [1.29, 1.82) is 0 Å². The van der Waals surface area contributed by atoms with E-state index in [4.69, 9.17) is 25.8 Å². The summed E-state index contributed by atoms with van der Waals surface area (Å²) in [5.74, 6) is -2.27. The van der Waals surface area contributed by atoms with Crippen LogP contribution in [-0.2, 0) is 50.0 Å². The summed E-state index contributed by atoms with van der Waals surface area (Å²) in [5, 5.41) is 26.9. The van der Waals surface area contributed by atoms with Crippen LogP contribution in [0, 0.1) is 18.2 Å². The van der Waals surface area contributed by atoms with E-state index in [2.05, 4.69) is 46.0 Å². The van der Waals surface area contributed by atoms with Gasteiger partial charge in [-0.25, -0.2) is 27.8 Å². The average Bonchev–Trinajstić information content (AvgIpc) is 4.11. The molecule has 3 aromatic heterocycles. The highest BCUT2D eigenvalue weighted by atomic mass is 35.5. The van der Waals surface area contributed by atoms with Gasteiger partial charge in [0.05, 0.1) is 72.9 Å². The Hall–Kier alpha value is -6.15. The molecule has 0 bridgehead atoms. The molecule has 1 aliphatic rings. The number of nitrogens with zero attached hydrogens (tertiary/aromatic N) is 6. The molecule has 0 spiro atoms. The minimum atomic E-state index is -3.82. The van der Waals surface area contributed by atoms with E-state index in [1.807, 2.05) is 45.0 Å². The Bertz CT molecular complexity index is 2920. The van der Waals surface area contributed by atoms with Crippen molar-refractivity contribution in [2.24, 2.45) is 5.41 Å². The second-order valence-electron chi connectivity index (χ2n) is 19.7. The molecule has 76 heavy (non-hydrogen) atoms. The number of aliphatic hydroxyl groups is 1. The number of aryl methyl sites for hydroxylation is 1. The third kappa shape index (κ3) is 16.9. The zero-order valence-corrected chi connectivity index (χ0v) is 46.2. The number of likely N-dealkylation sites (tertiary alicyclic amines) is 1. The van der Waals surface area contributed by atoms with Crippen LogP contribution >= 0.6 is 22.9 Å². The van der Waals surface area contributed by atoms with Gasteiger partial charge in [-0.05, 0) is 62.4 Å². The Balaban J connectivity index is 0.862. The first-order valence-corrected chi connectivity index (χ1v) is 27.8. The van der Waals surface area contributed by atoms with E-state index in [0.29, 0.717) is 11.3 Å². The quantitative estimate of drug-likeness (QED) is 0.0381. The maximum atomic E-state index is 15.8. The number of anilines is 2. The molecule has 1 saturated heterocycles. The van der Waals surface area contributed by atoms with Crippen molar-refractivity contribution in [1.82, 2.24) is 45.6 Å². The number of nitrogens with one attached hydrogen (secondary N) is 5. The molecule has 0 aliphatic carbocycles. The highest BCUT2D eigenvalue weighted by Gasteiger charge is 2.44. The summed E-state index contributed by atoms with van der Waals surface area (Å²) < 4.78 is 60.1. The van der Waals surface area contributed by atoms with E-state index in [0.717, 1.165) is 28.0 Å². The summed E-state index contributed by atoms with van der Waals surface area (Å²) >= 11 is 7.86. The molecule has 0 saturated carbocycles. The third-order valence-corrected chi connectivity index (χ3v) is 13.7. The minimum absolute atomic E-state index is 0.0282. The van der Waals surface area contributed by atoms with E-state index in [9.17, 15) is 32.7 Å². The van der Waals surface area contributed by atoms with Crippen LogP contribution in [0.4, 0.5) is 16.0 Å². The first-order valence-electron chi connectivity index (χ1n) is 24.7. The lowest BCUT2D eigenvalue weighted by Gasteiger charge is -2.35. The summed E-state index contributed by atoms with van der Waals surface area (Å²) in [6, 6.07) is 9.60. The van der Waals surface area contributed by atoms with E-state index in [1.54, 1.807) is 61.5 Å². The molecular formula is C51H67ClFN11O10S2. The number of sulfonamides is 1. The van der Waals surface area contributed by atoms with Crippen molar-refractivity contribution in [3.63, 3.8) is 0 Å². The number of aliphatic hydroxyl groups excluding tert-OH is 1. The van der Waals surface area contributed by atoms with Gasteiger partial charge in [0, 0.05) is 73.1 Å². The summed E-state index contributed by atoms with van der Waals surface area (Å²) in [7, 11) is -3.82. The normalized spacial score (nSPS) is 15.6. The van der Waals surface area contributed by atoms with E-state index in [-0.39, 0.29) is 118 Å². The number of β-amino-alcohol motifs (C(OH)–C–C–N with tert-alkyl or cyclic N) is 1. The first-order chi connectivity index (χ1) is 36.0. The molecule has 412 valence electrons. The Morgan fingerprint density at radius 1 is 0.947 bits per heavy atom. The van der Waals surface area contributed by atoms with Crippen LogP contribution in [0.3, 0.4) is 0 Å². The molecule has 4 amide bonds. The van der Waals surface area contributed by atoms with Crippen LogP contribution in [0.5, 0.6) is 0 Å². The first kappa shape index (κ1) is 59.1. The van der Waals surface area contributed by atoms with E-state index >= 15 is 4.39 Å². The fourth-order valence-corrected chi connectivity index (χ4v) is 9.64. The van der Waals surface area contributed by atoms with Gasteiger partial charge in [0.2, 0.25) is 39.6 Å². The number of ether oxygens (including phenoxy) is 3.